The maximum absolute atomic E-state index is 10.9. The van der Waals surface area contributed by atoms with Crippen LogP contribution in [0, 0.1) is 0 Å². The summed E-state index contributed by atoms with van der Waals surface area (Å²) in [6.07, 6.45) is 18.9. The molecule has 0 aliphatic carbocycles. The van der Waals surface area contributed by atoms with Gasteiger partial charge in [-0.3, -0.25) is 4.79 Å². The number of esters is 1. The molecular weight excluding hydrogens is 304 g/mol. The Kier molecular flexibility index (Phi) is 15.6. The molecule has 0 aliphatic rings. The predicted molar refractivity (Wildman–Crippen MR) is 97.8 cm³/mol. The number of rotatable bonds is 16. The van der Waals surface area contributed by atoms with Crippen molar-refractivity contribution in [3.8, 4) is 0 Å². The van der Waals surface area contributed by atoms with Gasteiger partial charge in [0.25, 0.3) is 0 Å². The first-order valence-electron chi connectivity index (χ1n) is 9.69. The molecule has 24 heavy (non-hydrogen) atoms. The molecule has 0 aromatic rings. The Morgan fingerprint density at radius 3 is 1.58 bits per heavy atom. The van der Waals surface area contributed by atoms with E-state index in [2.05, 4.69) is 11.7 Å². The summed E-state index contributed by atoms with van der Waals surface area (Å²) in [6, 6.07) is 0. The second-order valence-corrected chi connectivity index (χ2v) is 6.50. The smallest absolute Gasteiger partial charge is 0.371 e. The van der Waals surface area contributed by atoms with Crippen LogP contribution in [0.25, 0.3) is 0 Å². The van der Waals surface area contributed by atoms with E-state index in [-0.39, 0.29) is 5.76 Å². The average molecular weight is 341 g/mol. The van der Waals surface area contributed by atoms with Crippen LogP contribution in [0.4, 0.5) is 0 Å². The first kappa shape index (κ1) is 22.7. The Morgan fingerprint density at radius 1 is 0.792 bits per heavy atom. The van der Waals surface area contributed by atoms with E-state index in [1.165, 1.54) is 83.6 Å². The van der Waals surface area contributed by atoms with E-state index in [4.69, 9.17) is 5.11 Å². The van der Waals surface area contributed by atoms with Gasteiger partial charge < -0.3 is 9.84 Å². The standard InChI is InChI=1S/C20H36O4/c1-3-4-5-6-7-8-9-10-11-12-13-14-15-16-17-19(20(22)23)24-18(2)21/h17H,3-16H2,1-2H3,(H,22,23). The zero-order chi connectivity index (χ0) is 18.0. The number of allylic oxidation sites excluding steroid dienone is 1. The van der Waals surface area contributed by atoms with Crippen molar-refractivity contribution in [1.29, 1.82) is 0 Å². The van der Waals surface area contributed by atoms with Gasteiger partial charge >= 0.3 is 11.9 Å². The van der Waals surface area contributed by atoms with Gasteiger partial charge in [0.15, 0.2) is 0 Å². The third-order valence-corrected chi connectivity index (χ3v) is 4.10. The molecule has 0 aliphatic heterocycles. The summed E-state index contributed by atoms with van der Waals surface area (Å²) >= 11 is 0. The molecule has 0 radical (unpaired) electrons. The number of carboxylic acids is 1. The van der Waals surface area contributed by atoms with Crippen LogP contribution >= 0.6 is 0 Å². The Bertz CT molecular complexity index is 361. The van der Waals surface area contributed by atoms with E-state index in [0.29, 0.717) is 6.42 Å². The predicted octanol–water partition coefficient (Wildman–Crippen LogP) is 6.00. The molecule has 140 valence electrons. The number of ether oxygens (including phenoxy) is 1. The molecule has 4 nitrogen and oxygen atoms in total. The van der Waals surface area contributed by atoms with Gasteiger partial charge in [-0.05, 0) is 18.9 Å². The van der Waals surface area contributed by atoms with Gasteiger partial charge in [0.05, 0.1) is 0 Å². The van der Waals surface area contributed by atoms with Crippen LogP contribution in [0.1, 0.15) is 104 Å². The first-order valence-corrected chi connectivity index (χ1v) is 9.69. The van der Waals surface area contributed by atoms with Crippen LogP contribution in [0.3, 0.4) is 0 Å². The van der Waals surface area contributed by atoms with Crippen molar-refractivity contribution in [1.82, 2.24) is 0 Å². The van der Waals surface area contributed by atoms with Gasteiger partial charge in [-0.15, -0.1) is 0 Å². The number of unbranched alkanes of at least 4 members (excludes halogenated alkanes) is 13. The second-order valence-electron chi connectivity index (χ2n) is 6.50. The fourth-order valence-corrected chi connectivity index (χ4v) is 2.72. The van der Waals surface area contributed by atoms with E-state index in [0.717, 1.165) is 12.8 Å². The van der Waals surface area contributed by atoms with E-state index in [1.807, 2.05) is 0 Å². The van der Waals surface area contributed by atoms with Gasteiger partial charge in [-0.25, -0.2) is 4.79 Å². The molecule has 0 aromatic carbocycles. The number of carbonyl (C=O) groups excluding carboxylic acids is 1. The molecule has 0 amide bonds. The summed E-state index contributed by atoms with van der Waals surface area (Å²) in [5.74, 6) is -2.02. The van der Waals surface area contributed by atoms with E-state index < -0.39 is 11.9 Å². The van der Waals surface area contributed by atoms with Gasteiger partial charge in [-0.1, -0.05) is 84.0 Å². The SMILES string of the molecule is CCCCCCCCCCCCCCCC=C(OC(C)=O)C(=O)O. The number of hydrogen-bond acceptors (Lipinski definition) is 3. The Labute approximate surface area is 147 Å². The quantitative estimate of drug-likeness (QED) is 0.162. The van der Waals surface area contributed by atoms with E-state index >= 15 is 0 Å². The van der Waals surface area contributed by atoms with Gasteiger partial charge in [0.2, 0.25) is 5.76 Å². The van der Waals surface area contributed by atoms with Gasteiger partial charge in [0.1, 0.15) is 0 Å². The molecule has 0 rings (SSSR count). The van der Waals surface area contributed by atoms with Crippen LogP contribution in [0.2, 0.25) is 0 Å². The molecule has 0 saturated heterocycles. The normalized spacial score (nSPS) is 11.5. The monoisotopic (exact) mass is 340 g/mol. The molecule has 0 saturated carbocycles. The Balaban J connectivity index is 3.41. The van der Waals surface area contributed by atoms with Crippen LogP contribution < -0.4 is 0 Å². The molecular formula is C20H36O4. The van der Waals surface area contributed by atoms with E-state index in [1.54, 1.807) is 0 Å². The van der Waals surface area contributed by atoms with Gasteiger partial charge in [-0.2, -0.15) is 0 Å². The summed E-state index contributed by atoms with van der Waals surface area (Å²) < 4.78 is 4.65. The number of aliphatic carboxylic acids is 1. The van der Waals surface area contributed by atoms with E-state index in [9.17, 15) is 9.59 Å². The van der Waals surface area contributed by atoms with Crippen molar-refractivity contribution in [2.45, 2.75) is 104 Å². The fourth-order valence-electron chi connectivity index (χ4n) is 2.72. The van der Waals surface area contributed by atoms with Crippen molar-refractivity contribution in [3.05, 3.63) is 11.8 Å². The number of carbonyl (C=O) groups is 2. The van der Waals surface area contributed by atoms with Crippen LogP contribution in [0.15, 0.2) is 11.8 Å². The van der Waals surface area contributed by atoms with Crippen molar-refractivity contribution >= 4 is 11.9 Å². The minimum absolute atomic E-state index is 0.249. The highest BCUT2D eigenvalue weighted by atomic mass is 16.6. The molecule has 0 fully saturated rings. The molecule has 0 unspecified atom stereocenters. The summed E-state index contributed by atoms with van der Waals surface area (Å²) in [6.45, 7) is 3.46. The lowest BCUT2D eigenvalue weighted by atomic mass is 10.0. The second kappa shape index (κ2) is 16.5. The summed E-state index contributed by atoms with van der Waals surface area (Å²) in [7, 11) is 0. The topological polar surface area (TPSA) is 63.6 Å². The highest BCUT2D eigenvalue weighted by molar-refractivity contribution is 5.87. The van der Waals surface area contributed by atoms with Gasteiger partial charge in [0, 0.05) is 6.92 Å². The summed E-state index contributed by atoms with van der Waals surface area (Å²) in [5, 5.41) is 8.88. The molecule has 0 atom stereocenters. The lowest BCUT2D eigenvalue weighted by molar-refractivity contribution is -0.146. The molecule has 0 heterocycles. The maximum atomic E-state index is 10.9. The molecule has 4 heteroatoms. The molecule has 0 spiro atoms. The summed E-state index contributed by atoms with van der Waals surface area (Å²) in [5.41, 5.74) is 0. The average Bonchev–Trinajstić information content (AvgIpc) is 2.53. The first-order chi connectivity index (χ1) is 11.6. The Morgan fingerprint density at radius 2 is 1.21 bits per heavy atom. The van der Waals surface area contributed by atoms with Crippen molar-refractivity contribution < 1.29 is 19.4 Å². The number of carboxylic acid groups (broad SMARTS) is 1. The largest absolute Gasteiger partial charge is 0.475 e. The third kappa shape index (κ3) is 15.6. The lowest BCUT2D eigenvalue weighted by Crippen LogP contribution is -2.08. The highest BCUT2D eigenvalue weighted by Gasteiger charge is 2.10. The minimum Gasteiger partial charge on any atom is -0.475 e. The zero-order valence-electron chi connectivity index (χ0n) is 15.6. The number of hydrogen-bond donors (Lipinski definition) is 1. The van der Waals surface area contributed by atoms with Crippen molar-refractivity contribution in [2.24, 2.45) is 0 Å². The third-order valence-electron chi connectivity index (χ3n) is 4.10. The zero-order valence-corrected chi connectivity index (χ0v) is 15.6. The van der Waals surface area contributed by atoms with Crippen LogP contribution in [-0.2, 0) is 14.3 Å². The summed E-state index contributed by atoms with van der Waals surface area (Å²) in [4.78, 5) is 21.6. The van der Waals surface area contributed by atoms with Crippen molar-refractivity contribution in [2.75, 3.05) is 0 Å². The lowest BCUT2D eigenvalue weighted by Gasteiger charge is -2.03. The maximum Gasteiger partial charge on any atom is 0.371 e. The molecule has 0 bridgehead atoms. The fraction of sp³-hybridized carbons (Fsp3) is 0.800. The Hall–Kier alpha value is -1.32. The van der Waals surface area contributed by atoms with Crippen LogP contribution in [0.5, 0.6) is 0 Å². The van der Waals surface area contributed by atoms with Crippen molar-refractivity contribution in [3.63, 3.8) is 0 Å². The highest BCUT2D eigenvalue weighted by Crippen LogP contribution is 2.13. The molecule has 1 N–H and O–H groups in total. The van der Waals surface area contributed by atoms with Crippen LogP contribution in [-0.4, -0.2) is 17.0 Å². The minimum atomic E-state index is -1.18. The molecule has 0 aromatic heterocycles.